The van der Waals surface area contributed by atoms with Gasteiger partial charge in [0.25, 0.3) is 0 Å². The van der Waals surface area contributed by atoms with Gasteiger partial charge in [0.05, 0.1) is 6.33 Å². The maximum Gasteiger partial charge on any atom is 0.0991 e. The average Bonchev–Trinajstić information content (AvgIpc) is 3.04. The lowest BCUT2D eigenvalue weighted by molar-refractivity contribution is 0.691. The van der Waals surface area contributed by atoms with Gasteiger partial charge in [-0.2, -0.15) is 0 Å². The standard InChI is InChI=1S/C17H16IN3/c18-17-4-2-1-3-15(17)12-20-11-14-5-7-16(8-6-14)21-10-9-19-13-21/h1-10,13,20H,11-12H2. The molecular formula is C17H16IN3. The second-order valence-corrected chi connectivity index (χ2v) is 5.99. The normalized spacial score (nSPS) is 10.7. The Labute approximate surface area is 138 Å². The van der Waals surface area contributed by atoms with E-state index in [-0.39, 0.29) is 0 Å². The van der Waals surface area contributed by atoms with Crippen molar-refractivity contribution in [1.29, 1.82) is 0 Å². The van der Waals surface area contributed by atoms with Crippen LogP contribution in [-0.4, -0.2) is 9.55 Å². The first-order valence-corrected chi connectivity index (χ1v) is 7.92. The summed E-state index contributed by atoms with van der Waals surface area (Å²) in [5.41, 5.74) is 3.76. The van der Waals surface area contributed by atoms with Gasteiger partial charge in [-0.3, -0.25) is 0 Å². The van der Waals surface area contributed by atoms with Crippen LogP contribution in [0.25, 0.3) is 5.69 Å². The Balaban J connectivity index is 1.58. The third-order valence-electron chi connectivity index (χ3n) is 3.34. The van der Waals surface area contributed by atoms with Crippen molar-refractivity contribution in [2.24, 2.45) is 0 Å². The van der Waals surface area contributed by atoms with Crippen LogP contribution in [0.2, 0.25) is 0 Å². The van der Waals surface area contributed by atoms with Gasteiger partial charge in [0.2, 0.25) is 0 Å². The lowest BCUT2D eigenvalue weighted by Gasteiger charge is -2.08. The van der Waals surface area contributed by atoms with E-state index in [1.165, 1.54) is 14.7 Å². The maximum atomic E-state index is 4.06. The maximum absolute atomic E-state index is 4.06. The van der Waals surface area contributed by atoms with E-state index in [1.54, 1.807) is 6.20 Å². The zero-order chi connectivity index (χ0) is 14.5. The lowest BCUT2D eigenvalue weighted by atomic mass is 10.2. The summed E-state index contributed by atoms with van der Waals surface area (Å²) in [7, 11) is 0. The van der Waals surface area contributed by atoms with Gasteiger partial charge in [0.15, 0.2) is 0 Å². The molecule has 3 rings (SSSR count). The van der Waals surface area contributed by atoms with Crippen molar-refractivity contribution < 1.29 is 0 Å². The SMILES string of the molecule is Ic1ccccc1CNCc1ccc(-n2ccnc2)cc1. The highest BCUT2D eigenvalue weighted by Crippen LogP contribution is 2.12. The molecule has 4 heteroatoms. The van der Waals surface area contributed by atoms with Crippen molar-refractivity contribution in [3.05, 3.63) is 81.9 Å². The van der Waals surface area contributed by atoms with Crippen molar-refractivity contribution in [2.75, 3.05) is 0 Å². The van der Waals surface area contributed by atoms with E-state index in [9.17, 15) is 0 Å². The number of hydrogen-bond acceptors (Lipinski definition) is 2. The Morgan fingerprint density at radius 2 is 1.81 bits per heavy atom. The highest BCUT2D eigenvalue weighted by molar-refractivity contribution is 14.1. The minimum atomic E-state index is 0.870. The third-order valence-corrected chi connectivity index (χ3v) is 4.39. The molecule has 106 valence electrons. The summed E-state index contributed by atoms with van der Waals surface area (Å²) in [6, 6.07) is 17.0. The van der Waals surface area contributed by atoms with Crippen molar-refractivity contribution >= 4 is 22.6 Å². The third kappa shape index (κ3) is 3.71. The Bertz CT molecular complexity index is 690. The van der Waals surface area contributed by atoms with Crippen LogP contribution in [0.15, 0.2) is 67.3 Å². The second-order valence-electron chi connectivity index (χ2n) is 4.83. The zero-order valence-corrected chi connectivity index (χ0v) is 13.7. The van der Waals surface area contributed by atoms with E-state index in [0.717, 1.165) is 18.8 Å². The van der Waals surface area contributed by atoms with E-state index in [2.05, 4.69) is 81.4 Å². The molecule has 1 aromatic heterocycles. The summed E-state index contributed by atoms with van der Waals surface area (Å²) >= 11 is 2.38. The molecule has 2 aromatic carbocycles. The zero-order valence-electron chi connectivity index (χ0n) is 11.5. The average molecular weight is 389 g/mol. The van der Waals surface area contributed by atoms with Crippen LogP contribution >= 0.6 is 22.6 Å². The number of halogens is 1. The molecule has 21 heavy (non-hydrogen) atoms. The number of aromatic nitrogens is 2. The topological polar surface area (TPSA) is 29.9 Å². The number of benzene rings is 2. The summed E-state index contributed by atoms with van der Waals surface area (Å²) in [6.45, 7) is 1.76. The Kier molecular flexibility index (Phi) is 4.67. The van der Waals surface area contributed by atoms with Gasteiger partial charge in [-0.1, -0.05) is 30.3 Å². The first-order chi connectivity index (χ1) is 10.3. The molecule has 0 atom stereocenters. The van der Waals surface area contributed by atoms with E-state index in [0.29, 0.717) is 0 Å². The van der Waals surface area contributed by atoms with Crippen molar-refractivity contribution in [3.63, 3.8) is 0 Å². The lowest BCUT2D eigenvalue weighted by Crippen LogP contribution is -2.13. The van der Waals surface area contributed by atoms with Crippen LogP contribution in [0.3, 0.4) is 0 Å². The first kappa shape index (κ1) is 14.3. The van der Waals surface area contributed by atoms with Crippen LogP contribution in [0, 0.1) is 3.57 Å². The number of rotatable bonds is 5. The second kappa shape index (κ2) is 6.87. The quantitative estimate of drug-likeness (QED) is 0.674. The molecule has 1 N–H and O–H groups in total. The van der Waals surface area contributed by atoms with Gasteiger partial charge in [0.1, 0.15) is 0 Å². The van der Waals surface area contributed by atoms with E-state index >= 15 is 0 Å². The molecule has 0 aliphatic carbocycles. The van der Waals surface area contributed by atoms with Gasteiger partial charge >= 0.3 is 0 Å². The van der Waals surface area contributed by atoms with Gasteiger partial charge in [0, 0.05) is 34.7 Å². The number of hydrogen-bond donors (Lipinski definition) is 1. The molecular weight excluding hydrogens is 373 g/mol. The molecule has 0 spiro atoms. The molecule has 0 saturated carbocycles. The Hall–Kier alpha value is -1.66. The van der Waals surface area contributed by atoms with E-state index in [4.69, 9.17) is 0 Å². The van der Waals surface area contributed by atoms with Crippen LogP contribution < -0.4 is 5.32 Å². The molecule has 0 aliphatic heterocycles. The summed E-state index contributed by atoms with van der Waals surface area (Å²) in [5.74, 6) is 0. The van der Waals surface area contributed by atoms with Gasteiger partial charge < -0.3 is 9.88 Å². The monoisotopic (exact) mass is 389 g/mol. The summed E-state index contributed by atoms with van der Waals surface area (Å²) < 4.78 is 3.31. The highest BCUT2D eigenvalue weighted by Gasteiger charge is 1.99. The summed E-state index contributed by atoms with van der Waals surface area (Å²) in [5, 5.41) is 3.49. The number of nitrogens with zero attached hydrogens (tertiary/aromatic N) is 2. The van der Waals surface area contributed by atoms with Crippen molar-refractivity contribution in [3.8, 4) is 5.69 Å². The van der Waals surface area contributed by atoms with Gasteiger partial charge in [-0.15, -0.1) is 0 Å². The van der Waals surface area contributed by atoms with E-state index in [1.807, 2.05) is 17.1 Å². The van der Waals surface area contributed by atoms with E-state index < -0.39 is 0 Å². The summed E-state index contributed by atoms with van der Waals surface area (Å²) in [6.07, 6.45) is 5.55. The van der Waals surface area contributed by atoms with Crippen LogP contribution in [0.5, 0.6) is 0 Å². The molecule has 0 bridgehead atoms. The smallest absolute Gasteiger partial charge is 0.0991 e. The molecule has 0 radical (unpaired) electrons. The minimum Gasteiger partial charge on any atom is -0.309 e. The molecule has 0 fully saturated rings. The Morgan fingerprint density at radius 1 is 1.00 bits per heavy atom. The highest BCUT2D eigenvalue weighted by atomic mass is 127. The molecule has 0 unspecified atom stereocenters. The minimum absolute atomic E-state index is 0.870. The molecule has 0 amide bonds. The van der Waals surface area contributed by atoms with Crippen LogP contribution in [-0.2, 0) is 13.1 Å². The fourth-order valence-electron chi connectivity index (χ4n) is 2.18. The fraction of sp³-hybridized carbons (Fsp3) is 0.118. The van der Waals surface area contributed by atoms with Crippen molar-refractivity contribution in [2.45, 2.75) is 13.1 Å². The largest absolute Gasteiger partial charge is 0.309 e. The molecule has 0 saturated heterocycles. The first-order valence-electron chi connectivity index (χ1n) is 6.84. The number of imidazole rings is 1. The number of nitrogens with one attached hydrogen (secondary N) is 1. The van der Waals surface area contributed by atoms with Gasteiger partial charge in [-0.25, -0.2) is 4.98 Å². The summed E-state index contributed by atoms with van der Waals surface area (Å²) in [4.78, 5) is 4.06. The fourth-order valence-corrected chi connectivity index (χ4v) is 2.76. The predicted octanol–water partition coefficient (Wildman–Crippen LogP) is 3.77. The van der Waals surface area contributed by atoms with Crippen LogP contribution in [0.4, 0.5) is 0 Å². The molecule has 3 aromatic rings. The molecule has 3 nitrogen and oxygen atoms in total. The Morgan fingerprint density at radius 3 is 2.52 bits per heavy atom. The molecule has 0 aliphatic rings. The predicted molar refractivity (Wildman–Crippen MR) is 93.3 cm³/mol. The molecule has 1 heterocycles. The van der Waals surface area contributed by atoms with Crippen LogP contribution in [0.1, 0.15) is 11.1 Å². The van der Waals surface area contributed by atoms with Crippen molar-refractivity contribution in [1.82, 2.24) is 14.9 Å². The van der Waals surface area contributed by atoms with Gasteiger partial charge in [-0.05, 0) is 51.9 Å².